The second-order valence-electron chi connectivity index (χ2n) is 16.2. The second kappa shape index (κ2) is 18.1. The molecular formula is C47H36F12N2O7. The van der Waals surface area contributed by atoms with Crippen LogP contribution in [0.15, 0.2) is 72.8 Å². The molecule has 2 aliphatic carbocycles. The number of fused-ring (bicyclic) bond motifs is 2. The van der Waals surface area contributed by atoms with E-state index in [2.05, 4.69) is 19.4 Å². The summed E-state index contributed by atoms with van der Waals surface area (Å²) < 4.78 is 199. The van der Waals surface area contributed by atoms with Crippen LogP contribution in [0, 0.1) is 13.8 Å². The highest BCUT2D eigenvalue weighted by molar-refractivity contribution is 5.96. The van der Waals surface area contributed by atoms with E-state index in [9.17, 15) is 31.1 Å². The van der Waals surface area contributed by atoms with Gasteiger partial charge in [0, 0.05) is 22.3 Å². The smallest absolute Gasteiger partial charge is 0.457 e. The van der Waals surface area contributed by atoms with E-state index < -0.39 is 88.6 Å². The minimum absolute atomic E-state index is 0.0181. The van der Waals surface area contributed by atoms with Crippen molar-refractivity contribution < 1.29 is 85.9 Å². The molecule has 8 rings (SSSR count). The van der Waals surface area contributed by atoms with Gasteiger partial charge < -0.3 is 28.4 Å². The van der Waals surface area contributed by atoms with Crippen LogP contribution in [0.3, 0.4) is 0 Å². The third-order valence-corrected chi connectivity index (χ3v) is 11.7. The van der Waals surface area contributed by atoms with E-state index in [0.717, 1.165) is 60.7 Å². The first-order valence-corrected chi connectivity index (χ1v) is 21.0. The standard InChI is InChI=1S/C47H36F12N2O7/c1-23-33(63-27-11-15-29(16-12-27)67-46(54,55)56)21-19-31-35(23)39(37(25-7-3-4-8-25)41(60-31)44(48,49)50)65-43(62)66-40-36-24(2)34(64-28-13-17-30(18-14-28)68-47(57,58)59)22-20-32(36)61-42(45(51,52)53)38(40)26-9-5-6-10-26/h11-22,25-26H,3-10H2,1-2H3. The summed E-state index contributed by atoms with van der Waals surface area (Å²) in [7, 11) is 0. The molecule has 2 aliphatic rings. The number of aryl methyl sites for hydroxylation is 2. The van der Waals surface area contributed by atoms with E-state index in [1.54, 1.807) is 0 Å². The van der Waals surface area contributed by atoms with Crippen molar-refractivity contribution in [1.29, 1.82) is 0 Å². The summed E-state index contributed by atoms with van der Waals surface area (Å²) in [4.78, 5) is 22.4. The highest BCUT2D eigenvalue weighted by Gasteiger charge is 2.44. The van der Waals surface area contributed by atoms with Gasteiger partial charge in [0.15, 0.2) is 11.4 Å². The predicted molar refractivity (Wildman–Crippen MR) is 218 cm³/mol. The maximum absolute atomic E-state index is 15.1. The highest BCUT2D eigenvalue weighted by atomic mass is 19.4. The fraction of sp³-hybridized carbons (Fsp3) is 0.340. The topological polar surface area (TPSA) is 98.2 Å². The monoisotopic (exact) mass is 968 g/mol. The van der Waals surface area contributed by atoms with Crippen LogP contribution in [0.2, 0.25) is 0 Å². The molecule has 0 spiro atoms. The number of nitrogens with zero attached hydrogens (tertiary/aromatic N) is 2. The summed E-state index contributed by atoms with van der Waals surface area (Å²) in [6, 6.07) is 13.3. The molecule has 0 amide bonds. The van der Waals surface area contributed by atoms with Gasteiger partial charge in [-0.05, 0) is 124 Å². The van der Waals surface area contributed by atoms with Gasteiger partial charge in [0.05, 0.1) is 21.8 Å². The van der Waals surface area contributed by atoms with Gasteiger partial charge in [-0.15, -0.1) is 26.3 Å². The van der Waals surface area contributed by atoms with Crippen molar-refractivity contribution in [3.05, 3.63) is 106 Å². The van der Waals surface area contributed by atoms with Crippen LogP contribution < -0.4 is 28.4 Å². The van der Waals surface area contributed by atoms with Gasteiger partial charge >= 0.3 is 31.2 Å². The Morgan fingerprint density at radius 1 is 0.485 bits per heavy atom. The molecule has 0 unspecified atom stereocenters. The first-order valence-electron chi connectivity index (χ1n) is 21.0. The van der Waals surface area contributed by atoms with Gasteiger partial charge in [-0.1, -0.05) is 25.7 Å². The number of ether oxygens (including phenoxy) is 6. The molecular weight excluding hydrogens is 932 g/mol. The third-order valence-electron chi connectivity index (χ3n) is 11.7. The van der Waals surface area contributed by atoms with Crippen molar-refractivity contribution in [2.45, 2.75) is 102 Å². The minimum atomic E-state index is -5.10. The lowest BCUT2D eigenvalue weighted by molar-refractivity contribution is -0.275. The molecule has 2 aromatic heterocycles. The van der Waals surface area contributed by atoms with E-state index in [1.165, 1.54) is 26.0 Å². The maximum atomic E-state index is 15.1. The van der Waals surface area contributed by atoms with Gasteiger partial charge in [0.2, 0.25) is 0 Å². The van der Waals surface area contributed by atoms with Crippen molar-refractivity contribution in [1.82, 2.24) is 9.97 Å². The lowest BCUT2D eigenvalue weighted by Crippen LogP contribution is -2.22. The van der Waals surface area contributed by atoms with Crippen LogP contribution in [0.25, 0.3) is 21.8 Å². The van der Waals surface area contributed by atoms with Crippen molar-refractivity contribution in [3.8, 4) is 46.0 Å². The first-order chi connectivity index (χ1) is 31.9. The fourth-order valence-corrected chi connectivity index (χ4v) is 8.87. The number of hydrogen-bond acceptors (Lipinski definition) is 9. The van der Waals surface area contributed by atoms with Crippen molar-refractivity contribution in [2.75, 3.05) is 0 Å². The van der Waals surface area contributed by atoms with Crippen LogP contribution in [-0.4, -0.2) is 28.8 Å². The van der Waals surface area contributed by atoms with Crippen LogP contribution in [0.4, 0.5) is 57.5 Å². The maximum Gasteiger partial charge on any atom is 0.573 e. The number of carbonyl (C=O) groups is 1. The van der Waals surface area contributed by atoms with Gasteiger partial charge in [0.25, 0.3) is 0 Å². The van der Waals surface area contributed by atoms with Crippen LogP contribution in [-0.2, 0) is 12.4 Å². The molecule has 0 saturated heterocycles. The minimum Gasteiger partial charge on any atom is -0.457 e. The number of alkyl halides is 12. The lowest BCUT2D eigenvalue weighted by atomic mass is 9.91. The largest absolute Gasteiger partial charge is 0.573 e. The number of hydrogen-bond donors (Lipinski definition) is 0. The summed E-state index contributed by atoms with van der Waals surface area (Å²) in [6.45, 7) is 2.83. The Labute approximate surface area is 377 Å². The Balaban J connectivity index is 1.26. The van der Waals surface area contributed by atoms with Gasteiger partial charge in [-0.2, -0.15) is 26.3 Å². The molecule has 0 radical (unpaired) electrons. The summed E-state index contributed by atoms with van der Waals surface area (Å²) in [5, 5.41) is -0.312. The number of rotatable bonds is 10. The van der Waals surface area contributed by atoms with E-state index in [-0.39, 0.29) is 81.6 Å². The molecule has 0 bridgehead atoms. The third kappa shape index (κ3) is 10.4. The van der Waals surface area contributed by atoms with E-state index in [4.69, 9.17) is 18.9 Å². The zero-order valence-corrected chi connectivity index (χ0v) is 35.5. The van der Waals surface area contributed by atoms with Crippen LogP contribution in [0.1, 0.15) is 96.8 Å². The average Bonchev–Trinajstić information content (AvgIpc) is 3.98. The molecule has 2 fully saturated rings. The van der Waals surface area contributed by atoms with Gasteiger partial charge in [-0.25, -0.2) is 14.8 Å². The average molecular weight is 969 g/mol. The Bertz CT molecular complexity index is 2660. The lowest BCUT2D eigenvalue weighted by Gasteiger charge is -2.25. The normalized spacial score (nSPS) is 15.3. The fourth-order valence-electron chi connectivity index (χ4n) is 8.87. The molecule has 360 valence electrons. The number of halogens is 12. The molecule has 6 aromatic rings. The molecule has 4 aromatic carbocycles. The van der Waals surface area contributed by atoms with Crippen LogP contribution >= 0.6 is 0 Å². The predicted octanol–water partition coefficient (Wildman–Crippen LogP) is 15.7. The quantitative estimate of drug-likeness (QED) is 0.0982. The zero-order valence-electron chi connectivity index (χ0n) is 35.5. The van der Waals surface area contributed by atoms with Crippen molar-refractivity contribution >= 4 is 28.0 Å². The number of pyridine rings is 2. The van der Waals surface area contributed by atoms with Gasteiger partial charge in [0.1, 0.15) is 46.0 Å². The van der Waals surface area contributed by atoms with Crippen LogP contribution in [0.5, 0.6) is 46.0 Å². The number of benzene rings is 4. The molecule has 21 heteroatoms. The summed E-state index contributed by atoms with van der Waals surface area (Å²) >= 11 is 0. The van der Waals surface area contributed by atoms with Crippen molar-refractivity contribution in [2.24, 2.45) is 0 Å². The van der Waals surface area contributed by atoms with Gasteiger partial charge in [-0.3, -0.25) is 0 Å². The summed E-state index contributed by atoms with van der Waals surface area (Å²) in [6.07, 6.45) is -19.0. The molecule has 0 aliphatic heterocycles. The zero-order chi connectivity index (χ0) is 48.9. The molecule has 0 N–H and O–H groups in total. The molecule has 9 nitrogen and oxygen atoms in total. The molecule has 2 saturated carbocycles. The van der Waals surface area contributed by atoms with E-state index in [0.29, 0.717) is 25.7 Å². The summed E-state index contributed by atoms with van der Waals surface area (Å²) in [5.41, 5.74) is -4.26. The summed E-state index contributed by atoms with van der Waals surface area (Å²) in [5.74, 6) is -4.25. The van der Waals surface area contributed by atoms with E-state index in [1.807, 2.05) is 0 Å². The molecule has 2 heterocycles. The Kier molecular flexibility index (Phi) is 12.7. The molecule has 0 atom stereocenters. The second-order valence-corrected chi connectivity index (χ2v) is 16.2. The highest BCUT2D eigenvalue weighted by Crippen LogP contribution is 2.52. The Hall–Kier alpha value is -6.67. The Morgan fingerprint density at radius 3 is 1.12 bits per heavy atom. The van der Waals surface area contributed by atoms with Crippen molar-refractivity contribution in [3.63, 3.8) is 0 Å². The number of aromatic nitrogens is 2. The number of carbonyl (C=O) groups excluding carboxylic acids is 1. The SMILES string of the molecule is Cc1c(Oc2ccc(OC(F)(F)F)cc2)ccc2nc(C(F)(F)F)c(C3CCCC3)c(OC(=O)Oc3c(C4CCCC4)c(C(F)(F)F)nc4ccc(Oc5ccc(OC(F)(F)F)cc5)c(C)c34)c12. The molecule has 68 heavy (non-hydrogen) atoms. The first kappa shape index (κ1) is 47.8. The Morgan fingerprint density at radius 2 is 0.809 bits per heavy atom. The van der Waals surface area contributed by atoms with E-state index >= 15 is 26.3 Å².